The van der Waals surface area contributed by atoms with Crippen molar-refractivity contribution in [3.8, 4) is 0 Å². The van der Waals surface area contributed by atoms with Crippen LogP contribution in [-0.2, 0) is 6.67 Å². The molecular formula is C9H12BrN3. The largest absolute Gasteiger partial charge is 0.280 e. The molecule has 1 aliphatic rings. The van der Waals surface area contributed by atoms with Gasteiger partial charge in [0, 0.05) is 19.3 Å². The maximum absolute atomic E-state index is 4.27. The summed E-state index contributed by atoms with van der Waals surface area (Å²) >= 11 is 3.33. The fourth-order valence-corrected chi connectivity index (χ4v) is 1.76. The average Bonchev–Trinajstić information content (AvgIpc) is 2.53. The zero-order valence-corrected chi connectivity index (χ0v) is 8.94. The van der Waals surface area contributed by atoms with Gasteiger partial charge >= 0.3 is 0 Å². The standard InChI is InChI=1S/C9H12BrN3/c10-9-4-7-13(11-9)8-12-5-2-1-3-6-12/h1-2,4,7H,3,5-6,8H2. The lowest BCUT2D eigenvalue weighted by molar-refractivity contribution is 0.225. The predicted octanol–water partition coefficient (Wildman–Crippen LogP) is 1.86. The Morgan fingerprint density at radius 3 is 3.00 bits per heavy atom. The summed E-state index contributed by atoms with van der Waals surface area (Å²) in [7, 11) is 0. The third kappa shape index (κ3) is 2.42. The van der Waals surface area contributed by atoms with Gasteiger partial charge in [0.2, 0.25) is 0 Å². The molecule has 0 saturated carbocycles. The van der Waals surface area contributed by atoms with Crippen molar-refractivity contribution >= 4 is 15.9 Å². The van der Waals surface area contributed by atoms with Crippen LogP contribution in [0.15, 0.2) is 29.0 Å². The molecule has 2 heterocycles. The predicted molar refractivity (Wildman–Crippen MR) is 55.3 cm³/mol. The first-order valence-corrected chi connectivity index (χ1v) is 5.20. The monoisotopic (exact) mass is 241 g/mol. The van der Waals surface area contributed by atoms with Gasteiger partial charge in [-0.2, -0.15) is 5.10 Å². The number of rotatable bonds is 2. The van der Waals surface area contributed by atoms with Gasteiger partial charge in [-0.1, -0.05) is 12.2 Å². The van der Waals surface area contributed by atoms with Crippen LogP contribution in [0.2, 0.25) is 0 Å². The van der Waals surface area contributed by atoms with Crippen molar-refractivity contribution in [2.24, 2.45) is 0 Å². The first kappa shape index (κ1) is 8.97. The maximum atomic E-state index is 4.27. The van der Waals surface area contributed by atoms with Gasteiger partial charge in [-0.05, 0) is 28.4 Å². The van der Waals surface area contributed by atoms with Crippen molar-refractivity contribution in [1.29, 1.82) is 0 Å². The molecule has 0 saturated heterocycles. The quantitative estimate of drug-likeness (QED) is 0.738. The SMILES string of the molecule is Brc1ccn(CN2CC=CCC2)n1. The molecule has 4 heteroatoms. The second kappa shape index (κ2) is 4.07. The van der Waals surface area contributed by atoms with E-state index in [-0.39, 0.29) is 0 Å². The minimum Gasteiger partial charge on any atom is -0.280 e. The van der Waals surface area contributed by atoms with E-state index in [1.165, 1.54) is 0 Å². The highest BCUT2D eigenvalue weighted by molar-refractivity contribution is 9.10. The first-order valence-electron chi connectivity index (χ1n) is 4.41. The Kier molecular flexibility index (Phi) is 2.80. The highest BCUT2D eigenvalue weighted by atomic mass is 79.9. The van der Waals surface area contributed by atoms with Gasteiger partial charge in [0.1, 0.15) is 4.60 Å². The zero-order chi connectivity index (χ0) is 9.10. The van der Waals surface area contributed by atoms with Crippen LogP contribution in [0.25, 0.3) is 0 Å². The van der Waals surface area contributed by atoms with Crippen LogP contribution in [0.1, 0.15) is 6.42 Å². The number of halogens is 1. The van der Waals surface area contributed by atoms with Crippen LogP contribution >= 0.6 is 15.9 Å². The van der Waals surface area contributed by atoms with Crippen LogP contribution in [-0.4, -0.2) is 27.8 Å². The van der Waals surface area contributed by atoms with Crippen molar-refractivity contribution in [1.82, 2.24) is 14.7 Å². The molecule has 2 rings (SSSR count). The topological polar surface area (TPSA) is 21.1 Å². The first-order chi connectivity index (χ1) is 6.34. The maximum Gasteiger partial charge on any atom is 0.128 e. The molecule has 70 valence electrons. The smallest absolute Gasteiger partial charge is 0.128 e. The van der Waals surface area contributed by atoms with Crippen molar-refractivity contribution in [2.75, 3.05) is 13.1 Å². The average molecular weight is 242 g/mol. The molecule has 1 aromatic heterocycles. The van der Waals surface area contributed by atoms with Crippen LogP contribution in [0, 0.1) is 0 Å². The molecule has 0 atom stereocenters. The molecule has 0 unspecified atom stereocenters. The van der Waals surface area contributed by atoms with Crippen LogP contribution < -0.4 is 0 Å². The van der Waals surface area contributed by atoms with Crippen LogP contribution in [0.4, 0.5) is 0 Å². The number of hydrogen-bond donors (Lipinski definition) is 0. The Balaban J connectivity index is 1.94. The van der Waals surface area contributed by atoms with Gasteiger partial charge in [-0.3, -0.25) is 9.58 Å². The van der Waals surface area contributed by atoms with E-state index in [1.54, 1.807) is 0 Å². The highest BCUT2D eigenvalue weighted by Gasteiger charge is 2.06. The van der Waals surface area contributed by atoms with Crippen molar-refractivity contribution < 1.29 is 0 Å². The van der Waals surface area contributed by atoms with E-state index in [2.05, 4.69) is 38.1 Å². The fraction of sp³-hybridized carbons (Fsp3) is 0.444. The van der Waals surface area contributed by atoms with Crippen molar-refractivity contribution in [2.45, 2.75) is 13.1 Å². The summed E-state index contributed by atoms with van der Waals surface area (Å²) in [5.74, 6) is 0. The molecule has 13 heavy (non-hydrogen) atoms. The molecule has 0 amide bonds. The Hall–Kier alpha value is -0.610. The van der Waals surface area contributed by atoms with Gasteiger partial charge < -0.3 is 0 Å². The molecule has 0 radical (unpaired) electrons. The molecule has 3 nitrogen and oxygen atoms in total. The van der Waals surface area contributed by atoms with E-state index in [0.717, 1.165) is 30.8 Å². The van der Waals surface area contributed by atoms with Crippen LogP contribution in [0.5, 0.6) is 0 Å². The Labute approximate surface area is 86.2 Å². The summed E-state index contributed by atoms with van der Waals surface area (Å²) in [6, 6.07) is 1.96. The molecule has 0 fully saturated rings. The summed E-state index contributed by atoms with van der Waals surface area (Å²) in [5, 5.41) is 4.27. The fourth-order valence-electron chi connectivity index (χ4n) is 1.44. The Bertz CT molecular complexity index is 306. The molecule has 1 aliphatic heterocycles. The molecule has 0 bridgehead atoms. The Morgan fingerprint density at radius 2 is 2.38 bits per heavy atom. The van der Waals surface area contributed by atoms with Gasteiger partial charge in [0.05, 0.1) is 6.67 Å². The second-order valence-electron chi connectivity index (χ2n) is 3.16. The minimum absolute atomic E-state index is 0.885. The highest BCUT2D eigenvalue weighted by Crippen LogP contribution is 2.06. The normalized spacial score (nSPS) is 17.9. The number of hydrogen-bond acceptors (Lipinski definition) is 2. The van der Waals surface area contributed by atoms with Crippen molar-refractivity contribution in [3.05, 3.63) is 29.0 Å². The van der Waals surface area contributed by atoms with Crippen molar-refractivity contribution in [3.63, 3.8) is 0 Å². The summed E-state index contributed by atoms with van der Waals surface area (Å²) < 4.78 is 2.85. The molecule has 0 aromatic carbocycles. The number of aromatic nitrogens is 2. The minimum atomic E-state index is 0.885. The lowest BCUT2D eigenvalue weighted by Gasteiger charge is -2.22. The van der Waals surface area contributed by atoms with E-state index in [4.69, 9.17) is 0 Å². The third-order valence-electron chi connectivity index (χ3n) is 2.10. The van der Waals surface area contributed by atoms with Gasteiger partial charge in [-0.25, -0.2) is 0 Å². The van der Waals surface area contributed by atoms with E-state index in [1.807, 2.05) is 16.9 Å². The summed E-state index contributed by atoms with van der Waals surface area (Å²) in [5.41, 5.74) is 0. The molecule has 1 aromatic rings. The summed E-state index contributed by atoms with van der Waals surface area (Å²) in [4.78, 5) is 2.36. The van der Waals surface area contributed by atoms with E-state index < -0.39 is 0 Å². The van der Waals surface area contributed by atoms with Crippen LogP contribution in [0.3, 0.4) is 0 Å². The van der Waals surface area contributed by atoms with E-state index >= 15 is 0 Å². The second-order valence-corrected chi connectivity index (χ2v) is 3.97. The lowest BCUT2D eigenvalue weighted by atomic mass is 10.3. The molecular weight excluding hydrogens is 230 g/mol. The van der Waals surface area contributed by atoms with E-state index in [9.17, 15) is 0 Å². The third-order valence-corrected chi connectivity index (χ3v) is 2.52. The van der Waals surface area contributed by atoms with Gasteiger partial charge in [-0.15, -0.1) is 0 Å². The zero-order valence-electron chi connectivity index (χ0n) is 7.36. The van der Waals surface area contributed by atoms with Gasteiger partial charge in [0.25, 0.3) is 0 Å². The summed E-state index contributed by atoms with van der Waals surface area (Å²) in [6.45, 7) is 3.06. The number of nitrogens with zero attached hydrogens (tertiary/aromatic N) is 3. The van der Waals surface area contributed by atoms with Gasteiger partial charge in [0.15, 0.2) is 0 Å². The molecule has 0 spiro atoms. The summed E-state index contributed by atoms with van der Waals surface area (Å²) in [6.07, 6.45) is 7.59. The van der Waals surface area contributed by atoms with E-state index in [0.29, 0.717) is 0 Å². The Morgan fingerprint density at radius 1 is 1.46 bits per heavy atom. The lowest BCUT2D eigenvalue weighted by Crippen LogP contribution is -2.29. The molecule has 0 N–H and O–H groups in total. The molecule has 0 aliphatic carbocycles.